The van der Waals surface area contributed by atoms with E-state index in [1.165, 1.54) is 32.4 Å². The molecule has 0 aliphatic heterocycles. The number of nitrogen functional groups attached to an aromatic ring is 1. The fourth-order valence-corrected chi connectivity index (χ4v) is 3.18. The highest BCUT2D eigenvalue weighted by Crippen LogP contribution is 2.25. The van der Waals surface area contributed by atoms with Gasteiger partial charge in [-0.1, -0.05) is 11.6 Å². The van der Waals surface area contributed by atoms with E-state index in [1.54, 1.807) is 0 Å². The van der Waals surface area contributed by atoms with Crippen LogP contribution in [0, 0.1) is 0 Å². The van der Waals surface area contributed by atoms with Crippen LogP contribution in [0.4, 0.5) is 5.69 Å². The number of nitrogens with one attached hydrogen (secondary N) is 1. The number of hydrogen-bond donors (Lipinski definition) is 2. The monoisotopic (exact) mass is 335 g/mol. The Labute approximate surface area is 129 Å². The van der Waals surface area contributed by atoms with Crippen LogP contribution in [0.1, 0.15) is 0 Å². The predicted octanol–water partition coefficient (Wildman–Crippen LogP) is 0.305. The molecule has 9 heteroatoms. The number of amides is 1. The molecule has 21 heavy (non-hydrogen) atoms. The quantitative estimate of drug-likeness (QED) is 0.551. The van der Waals surface area contributed by atoms with Crippen LogP contribution >= 0.6 is 11.6 Å². The van der Waals surface area contributed by atoms with Gasteiger partial charge < -0.3 is 15.8 Å². The summed E-state index contributed by atoms with van der Waals surface area (Å²) in [5, 5.41) is 2.55. The summed E-state index contributed by atoms with van der Waals surface area (Å²) in [5.74, 6) is -0.426. The maximum absolute atomic E-state index is 12.3. The Kier molecular flexibility index (Phi) is 6.41. The van der Waals surface area contributed by atoms with E-state index in [0.29, 0.717) is 18.8 Å². The summed E-state index contributed by atoms with van der Waals surface area (Å²) in [6.07, 6.45) is 0. The van der Waals surface area contributed by atoms with Crippen molar-refractivity contribution in [3.05, 3.63) is 23.2 Å². The molecular formula is C12H18ClN3O4S. The maximum atomic E-state index is 12.3. The van der Waals surface area contributed by atoms with Crippen molar-refractivity contribution in [3.8, 4) is 0 Å². The molecule has 0 spiro atoms. The van der Waals surface area contributed by atoms with Crippen LogP contribution < -0.4 is 11.1 Å². The first kappa shape index (κ1) is 17.7. The Morgan fingerprint density at radius 1 is 1.48 bits per heavy atom. The highest BCUT2D eigenvalue weighted by Gasteiger charge is 2.25. The Morgan fingerprint density at radius 2 is 2.14 bits per heavy atom. The number of hydrogen-bond acceptors (Lipinski definition) is 5. The normalized spacial score (nSPS) is 11.6. The van der Waals surface area contributed by atoms with Gasteiger partial charge in [-0.3, -0.25) is 4.79 Å². The molecule has 0 atom stereocenters. The molecule has 1 aromatic rings. The Balaban J connectivity index is 2.80. The number of carbonyl (C=O) groups excluding carboxylic acids is 1. The molecule has 1 aromatic carbocycles. The van der Waals surface area contributed by atoms with Gasteiger partial charge in [0.2, 0.25) is 15.9 Å². The molecule has 0 unspecified atom stereocenters. The molecule has 0 heterocycles. The number of ether oxygens (including phenoxy) is 1. The minimum absolute atomic E-state index is 0.0154. The molecule has 0 aliphatic carbocycles. The first-order valence-electron chi connectivity index (χ1n) is 6.06. The van der Waals surface area contributed by atoms with E-state index in [9.17, 15) is 13.2 Å². The van der Waals surface area contributed by atoms with Gasteiger partial charge in [0.1, 0.15) is 4.90 Å². The zero-order valence-corrected chi connectivity index (χ0v) is 13.4. The lowest BCUT2D eigenvalue weighted by atomic mass is 10.3. The number of nitrogens with zero attached hydrogens (tertiary/aromatic N) is 1. The highest BCUT2D eigenvalue weighted by molar-refractivity contribution is 7.89. The lowest BCUT2D eigenvalue weighted by Gasteiger charge is -2.17. The maximum Gasteiger partial charge on any atom is 0.244 e. The summed E-state index contributed by atoms with van der Waals surface area (Å²) < 4.78 is 30.4. The standard InChI is InChI=1S/C12H18ClN3O4S/c1-16(8-12(17)15-5-6-20-2)21(18,19)11-4-3-9(14)7-10(11)13/h3-4,7H,5-6,8,14H2,1-2H3,(H,15,17). The number of likely N-dealkylation sites (N-methyl/N-ethyl adjacent to an activating group) is 1. The summed E-state index contributed by atoms with van der Waals surface area (Å²) in [6, 6.07) is 4.10. The fraction of sp³-hybridized carbons (Fsp3) is 0.417. The van der Waals surface area contributed by atoms with Crippen molar-refractivity contribution < 1.29 is 17.9 Å². The minimum atomic E-state index is -3.86. The number of nitrogens with two attached hydrogens (primary N) is 1. The van der Waals surface area contributed by atoms with Crippen molar-refractivity contribution in [1.82, 2.24) is 9.62 Å². The third-order valence-electron chi connectivity index (χ3n) is 2.64. The average molecular weight is 336 g/mol. The lowest BCUT2D eigenvalue weighted by molar-refractivity contribution is -0.121. The lowest BCUT2D eigenvalue weighted by Crippen LogP contribution is -2.39. The molecule has 0 fully saturated rings. The molecule has 118 valence electrons. The largest absolute Gasteiger partial charge is 0.399 e. The number of halogens is 1. The van der Waals surface area contributed by atoms with Gasteiger partial charge >= 0.3 is 0 Å². The zero-order chi connectivity index (χ0) is 16.0. The number of sulfonamides is 1. The van der Waals surface area contributed by atoms with E-state index >= 15 is 0 Å². The van der Waals surface area contributed by atoms with Crippen molar-refractivity contribution in [2.45, 2.75) is 4.90 Å². The number of benzene rings is 1. The van der Waals surface area contributed by atoms with Gasteiger partial charge in [0.05, 0.1) is 18.2 Å². The van der Waals surface area contributed by atoms with E-state index in [4.69, 9.17) is 22.1 Å². The van der Waals surface area contributed by atoms with Crippen LogP contribution in [0.5, 0.6) is 0 Å². The SMILES string of the molecule is COCCNC(=O)CN(C)S(=O)(=O)c1ccc(N)cc1Cl. The van der Waals surface area contributed by atoms with Crippen molar-refractivity contribution in [2.24, 2.45) is 0 Å². The summed E-state index contributed by atoms with van der Waals surface area (Å²) in [6.45, 7) is 0.352. The molecule has 0 aliphatic rings. The summed E-state index contributed by atoms with van der Waals surface area (Å²) >= 11 is 5.89. The highest BCUT2D eigenvalue weighted by atomic mass is 35.5. The van der Waals surface area contributed by atoms with Crippen LogP contribution in [-0.4, -0.2) is 52.5 Å². The van der Waals surface area contributed by atoms with Crippen LogP contribution in [0.2, 0.25) is 5.02 Å². The van der Waals surface area contributed by atoms with Gasteiger partial charge in [0, 0.05) is 26.4 Å². The molecule has 0 radical (unpaired) electrons. The summed E-state index contributed by atoms with van der Waals surface area (Å²) in [5.41, 5.74) is 5.89. The van der Waals surface area contributed by atoms with E-state index < -0.39 is 15.9 Å². The zero-order valence-electron chi connectivity index (χ0n) is 11.8. The van der Waals surface area contributed by atoms with Gasteiger partial charge in [0.15, 0.2) is 0 Å². The molecule has 0 aromatic heterocycles. The van der Waals surface area contributed by atoms with Gasteiger partial charge in [-0.25, -0.2) is 8.42 Å². The van der Waals surface area contributed by atoms with Crippen molar-refractivity contribution in [2.75, 3.05) is 39.6 Å². The second kappa shape index (κ2) is 7.60. The first-order chi connectivity index (χ1) is 9.78. The first-order valence-corrected chi connectivity index (χ1v) is 7.88. The topological polar surface area (TPSA) is 102 Å². The molecular weight excluding hydrogens is 318 g/mol. The fourth-order valence-electron chi connectivity index (χ4n) is 1.53. The molecule has 1 rings (SSSR count). The molecule has 7 nitrogen and oxygen atoms in total. The van der Waals surface area contributed by atoms with E-state index in [0.717, 1.165) is 4.31 Å². The molecule has 0 bridgehead atoms. The van der Waals surface area contributed by atoms with Crippen molar-refractivity contribution in [1.29, 1.82) is 0 Å². The smallest absolute Gasteiger partial charge is 0.244 e. The van der Waals surface area contributed by atoms with Crippen molar-refractivity contribution in [3.63, 3.8) is 0 Å². The Morgan fingerprint density at radius 3 is 2.71 bits per heavy atom. The van der Waals surface area contributed by atoms with Gasteiger partial charge in [-0.2, -0.15) is 4.31 Å². The van der Waals surface area contributed by atoms with Gasteiger partial charge in [-0.15, -0.1) is 0 Å². The van der Waals surface area contributed by atoms with Crippen LogP contribution in [0.3, 0.4) is 0 Å². The Bertz CT molecular complexity index is 607. The minimum Gasteiger partial charge on any atom is -0.399 e. The number of carbonyl (C=O) groups is 1. The van der Waals surface area contributed by atoms with Crippen molar-refractivity contribution >= 4 is 33.2 Å². The Hall–Kier alpha value is -1.35. The number of methoxy groups -OCH3 is 1. The van der Waals surface area contributed by atoms with Crippen LogP contribution in [0.15, 0.2) is 23.1 Å². The molecule has 1 amide bonds. The van der Waals surface area contributed by atoms with Gasteiger partial charge in [-0.05, 0) is 18.2 Å². The number of rotatable bonds is 7. The second-order valence-corrected chi connectivity index (χ2v) is 6.71. The summed E-state index contributed by atoms with van der Waals surface area (Å²) in [7, 11) is -1.05. The third-order valence-corrected chi connectivity index (χ3v) is 4.93. The molecule has 0 saturated carbocycles. The van der Waals surface area contributed by atoms with E-state index in [1.807, 2.05) is 0 Å². The number of anilines is 1. The van der Waals surface area contributed by atoms with Gasteiger partial charge in [0.25, 0.3) is 0 Å². The van der Waals surface area contributed by atoms with E-state index in [2.05, 4.69) is 5.32 Å². The molecule has 0 saturated heterocycles. The summed E-state index contributed by atoms with van der Waals surface area (Å²) in [4.78, 5) is 11.5. The van der Waals surface area contributed by atoms with Crippen LogP contribution in [-0.2, 0) is 19.6 Å². The van der Waals surface area contributed by atoms with E-state index in [-0.39, 0.29) is 16.5 Å². The molecule has 3 N–H and O–H groups in total. The third kappa shape index (κ3) is 4.85. The second-order valence-electron chi connectivity index (χ2n) is 4.29. The predicted molar refractivity (Wildman–Crippen MR) is 80.6 cm³/mol. The average Bonchev–Trinajstić information content (AvgIpc) is 2.38. The van der Waals surface area contributed by atoms with Crippen LogP contribution in [0.25, 0.3) is 0 Å².